The summed E-state index contributed by atoms with van der Waals surface area (Å²) in [5.74, 6) is -2.41. The number of pyridine rings is 1. The van der Waals surface area contributed by atoms with Gasteiger partial charge in [0, 0.05) is 25.0 Å². The van der Waals surface area contributed by atoms with Gasteiger partial charge >= 0.3 is 0 Å². The molecule has 9 heteroatoms. The largest absolute Gasteiger partial charge is 0.365 e. The molecule has 0 fully saturated rings. The Morgan fingerprint density at radius 2 is 1.97 bits per heavy atom. The van der Waals surface area contributed by atoms with Gasteiger partial charge in [-0.05, 0) is 48.2 Å². The first-order valence-corrected chi connectivity index (χ1v) is 11.6. The van der Waals surface area contributed by atoms with E-state index in [2.05, 4.69) is 32.5 Å². The van der Waals surface area contributed by atoms with Gasteiger partial charge < -0.3 is 10.6 Å². The fourth-order valence-electron chi connectivity index (χ4n) is 3.27. The summed E-state index contributed by atoms with van der Waals surface area (Å²) in [6.45, 7) is 4.27. The molecule has 0 radical (unpaired) electrons. The number of benzene rings is 1. The molecule has 1 amide bonds. The van der Waals surface area contributed by atoms with Crippen LogP contribution in [0.4, 0.5) is 14.6 Å². The van der Waals surface area contributed by atoms with Crippen LogP contribution in [0.1, 0.15) is 46.9 Å². The summed E-state index contributed by atoms with van der Waals surface area (Å²) in [4.78, 5) is 25.4. The van der Waals surface area contributed by atoms with Gasteiger partial charge in [-0.3, -0.25) is 9.78 Å². The number of aromatic nitrogens is 3. The van der Waals surface area contributed by atoms with Crippen molar-refractivity contribution in [3.8, 4) is 6.07 Å². The van der Waals surface area contributed by atoms with Crippen molar-refractivity contribution in [3.63, 3.8) is 0 Å². The van der Waals surface area contributed by atoms with Crippen LogP contribution in [0.2, 0.25) is 0 Å². The summed E-state index contributed by atoms with van der Waals surface area (Å²) in [6.07, 6.45) is 13.6. The van der Waals surface area contributed by atoms with E-state index in [0.29, 0.717) is 12.1 Å². The highest BCUT2D eigenvalue weighted by atomic mass is 19.2. The average molecular weight is 501 g/mol. The fourth-order valence-corrected chi connectivity index (χ4v) is 3.27. The maximum Gasteiger partial charge on any atom is 0.274 e. The van der Waals surface area contributed by atoms with Gasteiger partial charge in [-0.15, -0.1) is 0 Å². The number of carbonyl (C=O) groups excluding carboxylic acids is 1. The minimum absolute atomic E-state index is 0.0271. The Balaban J connectivity index is 1.68. The van der Waals surface area contributed by atoms with Crippen molar-refractivity contribution >= 4 is 17.3 Å². The van der Waals surface area contributed by atoms with Crippen LogP contribution in [0.5, 0.6) is 0 Å². The predicted octanol–water partition coefficient (Wildman–Crippen LogP) is 5.14. The van der Waals surface area contributed by atoms with E-state index in [9.17, 15) is 13.6 Å². The minimum Gasteiger partial charge on any atom is -0.365 e. The highest BCUT2D eigenvalue weighted by Gasteiger charge is 2.16. The zero-order valence-corrected chi connectivity index (χ0v) is 20.5. The lowest BCUT2D eigenvalue weighted by atomic mass is 10.1. The first-order valence-electron chi connectivity index (χ1n) is 11.6. The Hall–Kier alpha value is -4.71. The summed E-state index contributed by atoms with van der Waals surface area (Å²) in [5.41, 5.74) is 3.27. The van der Waals surface area contributed by atoms with Gasteiger partial charge in [0.1, 0.15) is 6.07 Å². The highest BCUT2D eigenvalue weighted by molar-refractivity contribution is 5.96. The molecule has 0 aliphatic carbocycles. The van der Waals surface area contributed by atoms with E-state index >= 15 is 0 Å². The van der Waals surface area contributed by atoms with E-state index in [1.54, 1.807) is 0 Å². The van der Waals surface area contributed by atoms with Crippen molar-refractivity contribution < 1.29 is 13.6 Å². The number of hydrogen-bond acceptors (Lipinski definition) is 6. The third kappa shape index (κ3) is 7.64. The zero-order valence-electron chi connectivity index (χ0n) is 20.5. The molecular weight excluding hydrogens is 474 g/mol. The van der Waals surface area contributed by atoms with Crippen LogP contribution in [0.25, 0.3) is 5.57 Å². The molecule has 0 atom stereocenters. The van der Waals surface area contributed by atoms with Crippen molar-refractivity contribution in [3.05, 3.63) is 113 Å². The minimum atomic E-state index is -1.01. The lowest BCUT2D eigenvalue weighted by molar-refractivity contribution is 0.0946. The molecule has 2 N–H and O–H groups in total. The number of rotatable bonds is 10. The van der Waals surface area contributed by atoms with Gasteiger partial charge in [-0.2, -0.15) is 5.26 Å². The molecule has 0 saturated heterocycles. The van der Waals surface area contributed by atoms with Crippen molar-refractivity contribution in [1.82, 2.24) is 20.3 Å². The van der Waals surface area contributed by atoms with E-state index in [4.69, 9.17) is 5.26 Å². The Morgan fingerprint density at radius 1 is 1.14 bits per heavy atom. The van der Waals surface area contributed by atoms with Gasteiger partial charge in [0.15, 0.2) is 28.8 Å². The van der Waals surface area contributed by atoms with E-state index in [1.807, 2.05) is 61.7 Å². The first-order chi connectivity index (χ1) is 17.9. The average Bonchev–Trinajstić information content (AvgIpc) is 2.92. The molecule has 7 nitrogen and oxygen atoms in total. The highest BCUT2D eigenvalue weighted by Crippen LogP contribution is 2.16. The molecule has 188 valence electrons. The molecular formula is C28H26F2N6O. The summed E-state index contributed by atoms with van der Waals surface area (Å²) in [6, 6.07) is 9.24. The Labute approximate surface area is 214 Å². The molecule has 1 aromatic carbocycles. The number of amides is 1. The van der Waals surface area contributed by atoms with Crippen molar-refractivity contribution in [1.29, 1.82) is 5.26 Å². The number of nitriles is 1. The number of anilines is 1. The number of nitrogens with one attached hydrogen (secondary N) is 2. The third-order valence-electron chi connectivity index (χ3n) is 5.20. The number of halogens is 2. The molecule has 0 unspecified atom stereocenters. The van der Waals surface area contributed by atoms with Crippen LogP contribution in [0.3, 0.4) is 0 Å². The molecule has 0 aliphatic rings. The molecule has 3 rings (SSSR count). The molecule has 0 saturated carbocycles. The predicted molar refractivity (Wildman–Crippen MR) is 138 cm³/mol. The standard InChI is InChI=1S/C28H26F2N6O/c1-3-7-20(21-10-11-22(4-2)33-17-21)8-5-6-13-32-27-26(36-23(15-31)18-34-27)28(37)35-16-19-9-12-24(29)25(30)14-19/h3,5-12,14,17-18H,4,13,16H2,1-2H3,(H,32,34)(H,35,37)/b6-5+,7-3-,20-8+. The van der Waals surface area contributed by atoms with Crippen molar-refractivity contribution in [2.75, 3.05) is 11.9 Å². The topological polar surface area (TPSA) is 104 Å². The Kier molecular flexibility index (Phi) is 9.74. The lowest BCUT2D eigenvalue weighted by Gasteiger charge is -2.10. The maximum atomic E-state index is 13.4. The van der Waals surface area contributed by atoms with Crippen LogP contribution >= 0.6 is 0 Å². The number of hydrogen-bond donors (Lipinski definition) is 2. The molecule has 0 bridgehead atoms. The van der Waals surface area contributed by atoms with Crippen LogP contribution in [0.15, 0.2) is 73.1 Å². The summed E-state index contributed by atoms with van der Waals surface area (Å²) in [7, 11) is 0. The van der Waals surface area contributed by atoms with Crippen molar-refractivity contribution in [2.24, 2.45) is 0 Å². The van der Waals surface area contributed by atoms with E-state index < -0.39 is 17.5 Å². The summed E-state index contributed by atoms with van der Waals surface area (Å²) < 4.78 is 26.6. The Bertz CT molecular complexity index is 1370. The molecule has 2 aromatic heterocycles. The van der Waals surface area contributed by atoms with Gasteiger partial charge in [0.05, 0.1) is 6.20 Å². The van der Waals surface area contributed by atoms with E-state index in [-0.39, 0.29) is 23.8 Å². The second kappa shape index (κ2) is 13.4. The first kappa shape index (κ1) is 26.9. The zero-order chi connectivity index (χ0) is 26.6. The molecule has 2 heterocycles. The van der Waals surface area contributed by atoms with Crippen LogP contribution in [0, 0.1) is 23.0 Å². The number of allylic oxidation sites excluding steroid dienone is 5. The van der Waals surface area contributed by atoms with Gasteiger partial charge in [0.25, 0.3) is 5.91 Å². The molecule has 37 heavy (non-hydrogen) atoms. The number of aryl methyl sites for hydroxylation is 1. The SMILES string of the molecule is C\C=C/C(=C\C=C\CNc1ncc(C#N)nc1C(=O)NCc1ccc(F)c(F)c1)c1ccc(CC)nc1. The third-order valence-corrected chi connectivity index (χ3v) is 5.20. The van der Waals surface area contributed by atoms with E-state index in [1.165, 1.54) is 12.3 Å². The van der Waals surface area contributed by atoms with Crippen LogP contribution in [-0.2, 0) is 13.0 Å². The van der Waals surface area contributed by atoms with E-state index in [0.717, 1.165) is 35.4 Å². The van der Waals surface area contributed by atoms with Crippen LogP contribution < -0.4 is 10.6 Å². The van der Waals surface area contributed by atoms with Gasteiger partial charge in [0.2, 0.25) is 0 Å². The summed E-state index contributed by atoms with van der Waals surface area (Å²) in [5, 5.41) is 14.8. The monoisotopic (exact) mass is 500 g/mol. The van der Waals surface area contributed by atoms with Crippen molar-refractivity contribution in [2.45, 2.75) is 26.8 Å². The molecule has 0 aliphatic heterocycles. The van der Waals surface area contributed by atoms with Gasteiger partial charge in [-0.1, -0.05) is 49.4 Å². The second-order valence-corrected chi connectivity index (χ2v) is 7.82. The normalized spacial score (nSPS) is 11.6. The summed E-state index contributed by atoms with van der Waals surface area (Å²) >= 11 is 0. The quantitative estimate of drug-likeness (QED) is 0.374. The van der Waals surface area contributed by atoms with Crippen LogP contribution in [-0.4, -0.2) is 27.4 Å². The maximum absolute atomic E-state index is 13.4. The smallest absolute Gasteiger partial charge is 0.274 e. The second-order valence-electron chi connectivity index (χ2n) is 7.82. The lowest BCUT2D eigenvalue weighted by Crippen LogP contribution is -2.26. The molecule has 0 spiro atoms. The molecule has 3 aromatic rings. The fraction of sp³-hybridized carbons (Fsp3) is 0.179. The number of carbonyl (C=O) groups is 1. The number of nitrogens with zero attached hydrogens (tertiary/aromatic N) is 4. The Morgan fingerprint density at radius 3 is 2.65 bits per heavy atom. The van der Waals surface area contributed by atoms with Gasteiger partial charge in [-0.25, -0.2) is 18.7 Å².